The molecule has 0 amide bonds. The van der Waals surface area contributed by atoms with Crippen LogP contribution >= 0.6 is 0 Å². The van der Waals surface area contributed by atoms with Crippen molar-refractivity contribution in [1.29, 1.82) is 5.41 Å². The second kappa shape index (κ2) is 10.0. The van der Waals surface area contributed by atoms with E-state index in [2.05, 4.69) is 4.72 Å². The fourth-order valence-electron chi connectivity index (χ4n) is 3.38. The van der Waals surface area contributed by atoms with Gasteiger partial charge in [-0.1, -0.05) is 49.7 Å². The van der Waals surface area contributed by atoms with Crippen molar-refractivity contribution < 1.29 is 14.1 Å². The van der Waals surface area contributed by atoms with E-state index in [9.17, 15) is 14.1 Å². The molecule has 0 saturated heterocycles. The molecular formula is C21H27N3O3S. The van der Waals surface area contributed by atoms with Crippen LogP contribution in [-0.2, 0) is 22.2 Å². The third kappa shape index (κ3) is 5.66. The van der Waals surface area contributed by atoms with Crippen LogP contribution in [-0.4, -0.2) is 27.4 Å². The number of anilines is 1. The standard InChI is InChI=1S/C21H27N3O3S/c1-3-6-18(21(25)26)19(20(22)23)13-15-7-4-5-8-17(15)14-9-11-16(12-10-14)24-28(2)27/h4-5,7-12,18-19,24H,3,6,13H2,1-2H3,(H3,22,23)(H,25,26)/t18-,19-,28?/m0/s1. The number of amidine groups is 1. The van der Waals surface area contributed by atoms with Gasteiger partial charge < -0.3 is 15.6 Å². The van der Waals surface area contributed by atoms with E-state index in [0.29, 0.717) is 12.8 Å². The smallest absolute Gasteiger partial charge is 0.307 e. The minimum atomic E-state index is -1.14. The summed E-state index contributed by atoms with van der Waals surface area (Å²) in [6.07, 6.45) is 3.16. The van der Waals surface area contributed by atoms with Crippen LogP contribution in [0.25, 0.3) is 11.1 Å². The number of carboxylic acid groups (broad SMARTS) is 1. The Morgan fingerprint density at radius 2 is 1.82 bits per heavy atom. The molecule has 0 bridgehead atoms. The Bertz CT molecular complexity index is 852. The molecule has 6 nitrogen and oxygen atoms in total. The Kier molecular flexibility index (Phi) is 7.75. The number of rotatable bonds is 10. The van der Waals surface area contributed by atoms with Crippen LogP contribution in [0.5, 0.6) is 0 Å². The number of benzene rings is 2. The molecule has 150 valence electrons. The number of aliphatic carboxylic acids is 1. The molecule has 0 heterocycles. The largest absolute Gasteiger partial charge is 0.481 e. The lowest BCUT2D eigenvalue weighted by Crippen LogP contribution is -2.35. The molecule has 2 aromatic rings. The van der Waals surface area contributed by atoms with Gasteiger partial charge in [0.05, 0.1) is 11.8 Å². The second-order valence-corrected chi connectivity index (χ2v) is 7.90. The van der Waals surface area contributed by atoms with E-state index in [1.54, 1.807) is 6.26 Å². The van der Waals surface area contributed by atoms with Crippen LogP contribution in [0.1, 0.15) is 25.3 Å². The summed E-state index contributed by atoms with van der Waals surface area (Å²) < 4.78 is 14.1. The summed E-state index contributed by atoms with van der Waals surface area (Å²) in [5, 5.41) is 17.6. The van der Waals surface area contributed by atoms with Gasteiger partial charge in [0, 0.05) is 17.9 Å². The van der Waals surface area contributed by atoms with Crippen molar-refractivity contribution in [3.63, 3.8) is 0 Å². The van der Waals surface area contributed by atoms with Gasteiger partial charge in [-0.3, -0.25) is 10.2 Å². The van der Waals surface area contributed by atoms with Gasteiger partial charge in [-0.15, -0.1) is 0 Å². The summed E-state index contributed by atoms with van der Waals surface area (Å²) in [6.45, 7) is 1.93. The van der Waals surface area contributed by atoms with Crippen LogP contribution in [0.2, 0.25) is 0 Å². The molecule has 0 aliphatic carbocycles. The number of hydrogen-bond donors (Lipinski definition) is 4. The molecule has 1 unspecified atom stereocenters. The molecule has 28 heavy (non-hydrogen) atoms. The summed E-state index contributed by atoms with van der Waals surface area (Å²) >= 11 is 0. The van der Waals surface area contributed by atoms with Crippen molar-refractivity contribution in [2.45, 2.75) is 26.2 Å². The predicted octanol–water partition coefficient (Wildman–Crippen LogP) is 3.65. The van der Waals surface area contributed by atoms with Crippen LogP contribution in [0.15, 0.2) is 48.5 Å². The number of carbonyl (C=O) groups is 1. The Hall–Kier alpha value is -2.67. The van der Waals surface area contributed by atoms with Crippen LogP contribution in [0.3, 0.4) is 0 Å². The van der Waals surface area contributed by atoms with E-state index in [1.807, 2.05) is 55.5 Å². The minimum Gasteiger partial charge on any atom is -0.481 e. The van der Waals surface area contributed by atoms with E-state index in [0.717, 1.165) is 28.8 Å². The van der Waals surface area contributed by atoms with E-state index in [1.165, 1.54) is 0 Å². The summed E-state index contributed by atoms with van der Waals surface area (Å²) in [5.41, 5.74) is 9.44. The third-order valence-electron chi connectivity index (χ3n) is 4.72. The lowest BCUT2D eigenvalue weighted by molar-refractivity contribution is -0.143. The van der Waals surface area contributed by atoms with Gasteiger partial charge in [-0.05, 0) is 41.7 Å². The molecule has 0 spiro atoms. The van der Waals surface area contributed by atoms with Crippen LogP contribution in [0, 0.1) is 17.2 Å². The maximum absolute atomic E-state index is 11.7. The summed E-state index contributed by atoms with van der Waals surface area (Å²) in [6, 6.07) is 15.3. The molecule has 7 heteroatoms. The van der Waals surface area contributed by atoms with Crippen LogP contribution < -0.4 is 10.5 Å². The highest BCUT2D eigenvalue weighted by molar-refractivity contribution is 7.85. The average molecular weight is 402 g/mol. The fourth-order valence-corrected chi connectivity index (χ4v) is 3.85. The summed E-state index contributed by atoms with van der Waals surface area (Å²) in [5.74, 6) is -2.24. The van der Waals surface area contributed by atoms with Gasteiger partial charge in [0.15, 0.2) is 0 Å². The molecule has 0 aliphatic heterocycles. The first-order chi connectivity index (χ1) is 13.3. The molecule has 0 aliphatic rings. The first-order valence-corrected chi connectivity index (χ1v) is 10.7. The van der Waals surface area contributed by atoms with Crippen molar-refractivity contribution >= 4 is 28.5 Å². The van der Waals surface area contributed by atoms with Crippen molar-refractivity contribution in [2.75, 3.05) is 11.0 Å². The normalized spacial score (nSPS) is 14.1. The molecule has 5 N–H and O–H groups in total. The third-order valence-corrected chi connectivity index (χ3v) is 5.24. The van der Waals surface area contributed by atoms with Gasteiger partial charge in [-0.2, -0.15) is 0 Å². The van der Waals surface area contributed by atoms with Crippen molar-refractivity contribution in [3.05, 3.63) is 54.1 Å². The van der Waals surface area contributed by atoms with E-state index in [4.69, 9.17) is 11.1 Å². The number of nitrogens with two attached hydrogens (primary N) is 1. The average Bonchev–Trinajstić information content (AvgIpc) is 2.64. The topological polar surface area (TPSA) is 116 Å². The van der Waals surface area contributed by atoms with Gasteiger partial charge in [0.25, 0.3) is 0 Å². The summed E-state index contributed by atoms with van der Waals surface area (Å²) in [4.78, 5) is 11.7. The lowest BCUT2D eigenvalue weighted by atomic mass is 9.81. The highest BCUT2D eigenvalue weighted by Gasteiger charge is 2.30. The van der Waals surface area contributed by atoms with Gasteiger partial charge in [0.2, 0.25) is 0 Å². The van der Waals surface area contributed by atoms with Gasteiger partial charge in [-0.25, -0.2) is 4.21 Å². The molecule has 0 radical (unpaired) electrons. The Morgan fingerprint density at radius 3 is 2.36 bits per heavy atom. The first kappa shape index (κ1) is 21.6. The van der Waals surface area contributed by atoms with E-state index >= 15 is 0 Å². The first-order valence-electron chi connectivity index (χ1n) is 9.18. The number of hydrogen-bond acceptors (Lipinski definition) is 3. The summed E-state index contributed by atoms with van der Waals surface area (Å²) in [7, 11) is -1.14. The zero-order chi connectivity index (χ0) is 20.7. The fraction of sp³-hybridized carbons (Fsp3) is 0.333. The molecule has 0 fully saturated rings. The van der Waals surface area contributed by atoms with Gasteiger partial charge >= 0.3 is 5.97 Å². The number of nitrogens with one attached hydrogen (secondary N) is 2. The highest BCUT2D eigenvalue weighted by atomic mass is 32.2. The zero-order valence-corrected chi connectivity index (χ0v) is 17.0. The highest BCUT2D eigenvalue weighted by Crippen LogP contribution is 2.30. The molecular weight excluding hydrogens is 374 g/mol. The molecule has 2 aromatic carbocycles. The van der Waals surface area contributed by atoms with E-state index in [-0.39, 0.29) is 5.84 Å². The molecule has 3 atom stereocenters. The minimum absolute atomic E-state index is 0.0966. The Morgan fingerprint density at radius 1 is 1.18 bits per heavy atom. The maximum Gasteiger partial charge on any atom is 0.307 e. The molecule has 2 rings (SSSR count). The van der Waals surface area contributed by atoms with Crippen molar-refractivity contribution in [3.8, 4) is 11.1 Å². The SMILES string of the molecule is CCC[C@H](C(=O)O)[C@H](Cc1ccccc1-c1ccc(NS(C)=O)cc1)C(=N)N. The monoisotopic (exact) mass is 401 g/mol. The maximum atomic E-state index is 11.7. The van der Waals surface area contributed by atoms with E-state index < -0.39 is 28.8 Å². The Balaban J connectivity index is 2.35. The number of carboxylic acids is 1. The Labute approximate surface area is 168 Å². The lowest BCUT2D eigenvalue weighted by Gasteiger charge is -2.24. The van der Waals surface area contributed by atoms with Gasteiger partial charge in [0.1, 0.15) is 11.0 Å². The predicted molar refractivity (Wildman–Crippen MR) is 115 cm³/mol. The van der Waals surface area contributed by atoms with Crippen molar-refractivity contribution in [2.24, 2.45) is 17.6 Å². The van der Waals surface area contributed by atoms with Crippen LogP contribution in [0.4, 0.5) is 5.69 Å². The van der Waals surface area contributed by atoms with Crippen molar-refractivity contribution in [1.82, 2.24) is 0 Å². The zero-order valence-electron chi connectivity index (χ0n) is 16.1. The second-order valence-electron chi connectivity index (χ2n) is 6.79. The molecule has 0 saturated carbocycles. The quantitative estimate of drug-likeness (QED) is 0.359. The molecule has 0 aromatic heterocycles.